The maximum Gasteiger partial charge on any atom is 0.500 e. The number of benzene rings is 1. The molecule has 2 aliphatic rings. The summed E-state index contributed by atoms with van der Waals surface area (Å²) >= 11 is 1.34. The number of carbonyl (C=O) groups is 3. The summed E-state index contributed by atoms with van der Waals surface area (Å²) in [7, 11) is 3.08. The molecular weight excluding hydrogens is 464 g/mol. The monoisotopic (exact) mass is 493 g/mol. The minimum atomic E-state index is -0.647. The molecule has 0 radical (unpaired) electrons. The average Bonchev–Trinajstić information content (AvgIpc) is 3.29. The second kappa shape index (κ2) is 10.4. The maximum absolute atomic E-state index is 12.8. The number of hydrogen-bond donors (Lipinski definition) is 1. The van der Waals surface area contributed by atoms with Gasteiger partial charge in [-0.25, -0.2) is 9.78 Å². The van der Waals surface area contributed by atoms with Crippen molar-refractivity contribution in [2.45, 2.75) is 26.7 Å². The lowest BCUT2D eigenvalue weighted by Gasteiger charge is -2.27. The van der Waals surface area contributed by atoms with Crippen LogP contribution >= 0.6 is 11.3 Å². The van der Waals surface area contributed by atoms with Gasteiger partial charge in [0.1, 0.15) is 17.4 Å². The first kappa shape index (κ1) is 24.5. The molecule has 1 aromatic heterocycles. The summed E-state index contributed by atoms with van der Waals surface area (Å²) in [4.78, 5) is 43.4. The molecule has 1 aliphatic heterocycles. The van der Waals surface area contributed by atoms with Crippen LogP contribution in [-0.2, 0) is 9.59 Å². The molecule has 1 aliphatic carbocycles. The van der Waals surface area contributed by atoms with E-state index in [9.17, 15) is 14.4 Å². The van der Waals surface area contributed by atoms with Crippen LogP contribution in [0.2, 0.25) is 0 Å². The predicted octanol–water partition coefficient (Wildman–Crippen LogP) is 4.35. The van der Waals surface area contributed by atoms with E-state index in [1.165, 1.54) is 23.0 Å². The molecule has 2 aromatic rings. The zero-order valence-corrected chi connectivity index (χ0v) is 21.1. The molecule has 2 heterocycles. The molecule has 35 heavy (non-hydrogen) atoms. The van der Waals surface area contributed by atoms with Crippen LogP contribution in [-0.4, -0.2) is 58.7 Å². The molecule has 0 fully saturated rings. The number of ether oxygens (including phenoxy) is 1. The van der Waals surface area contributed by atoms with Crippen LogP contribution in [0, 0.1) is 11.8 Å². The van der Waals surface area contributed by atoms with Crippen LogP contribution in [0.15, 0.2) is 53.4 Å². The normalized spacial score (nSPS) is 17.6. The number of imide groups is 1. The van der Waals surface area contributed by atoms with E-state index in [1.807, 2.05) is 29.6 Å². The van der Waals surface area contributed by atoms with E-state index in [-0.39, 0.29) is 24.3 Å². The lowest BCUT2D eigenvalue weighted by molar-refractivity contribution is -0.405. The molecule has 182 valence electrons. The highest BCUT2D eigenvalue weighted by Crippen LogP contribution is 2.29. The number of aromatic nitrogens is 1. The molecule has 1 N–H and O–H groups in total. The number of allylic oxidation sites excluding steroid dienone is 3. The Morgan fingerprint density at radius 1 is 1.26 bits per heavy atom. The van der Waals surface area contributed by atoms with E-state index in [1.54, 1.807) is 25.3 Å². The summed E-state index contributed by atoms with van der Waals surface area (Å²) < 4.78 is 7.21. The van der Waals surface area contributed by atoms with Gasteiger partial charge in [0, 0.05) is 17.4 Å². The third-order valence-electron chi connectivity index (χ3n) is 6.01. The first-order valence-electron chi connectivity index (χ1n) is 11.5. The first-order chi connectivity index (χ1) is 16.7. The smallest absolute Gasteiger partial charge is 0.494 e. The van der Waals surface area contributed by atoms with Crippen LogP contribution in [0.5, 0.6) is 5.75 Å². The van der Waals surface area contributed by atoms with Crippen molar-refractivity contribution in [1.29, 1.82) is 0 Å². The van der Waals surface area contributed by atoms with Crippen molar-refractivity contribution in [3.8, 4) is 17.0 Å². The Kier molecular flexibility index (Phi) is 7.25. The molecule has 1 atom stereocenters. The number of thiazole rings is 1. The fourth-order valence-corrected chi connectivity index (χ4v) is 4.71. The Balaban J connectivity index is 1.39. The Labute approximate surface area is 208 Å². The van der Waals surface area contributed by atoms with Crippen LogP contribution in [0.1, 0.15) is 26.7 Å². The summed E-state index contributed by atoms with van der Waals surface area (Å²) in [6, 6.07) is 7.35. The Bertz CT molecular complexity index is 1240. The molecule has 9 heteroatoms. The fraction of sp³-hybridized carbons (Fsp3) is 0.346. The van der Waals surface area contributed by atoms with Crippen LogP contribution in [0.4, 0.5) is 9.93 Å². The number of fused-ring (bicyclic) bond motifs is 1. The molecule has 4 rings (SSSR count). The second-order valence-corrected chi connectivity index (χ2v) is 9.87. The quantitative estimate of drug-likeness (QED) is 0.552. The first-order valence-corrected chi connectivity index (χ1v) is 12.4. The highest BCUT2D eigenvalue weighted by molar-refractivity contribution is 7.14. The van der Waals surface area contributed by atoms with E-state index in [0.29, 0.717) is 28.9 Å². The average molecular weight is 494 g/mol. The number of anilines is 1. The van der Waals surface area contributed by atoms with E-state index in [2.05, 4.69) is 24.1 Å². The van der Waals surface area contributed by atoms with E-state index >= 15 is 0 Å². The molecule has 4 amide bonds. The van der Waals surface area contributed by atoms with E-state index in [4.69, 9.17) is 4.74 Å². The van der Waals surface area contributed by atoms with Crippen molar-refractivity contribution in [3.63, 3.8) is 0 Å². The number of nitrogens with one attached hydrogen (secondary N) is 1. The van der Waals surface area contributed by atoms with Crippen molar-refractivity contribution < 1.29 is 23.7 Å². The third-order valence-corrected chi connectivity index (χ3v) is 6.77. The van der Waals surface area contributed by atoms with Gasteiger partial charge >= 0.3 is 11.9 Å². The molecule has 0 saturated carbocycles. The second-order valence-electron chi connectivity index (χ2n) is 9.02. The number of nitrogens with zero attached hydrogens (tertiary/aromatic N) is 3. The number of urea groups is 1. The van der Waals surface area contributed by atoms with Crippen molar-refractivity contribution in [1.82, 2.24) is 9.88 Å². The highest BCUT2D eigenvalue weighted by Gasteiger charge is 2.46. The summed E-state index contributed by atoms with van der Waals surface area (Å²) in [5.74, 6) is 0.167. The van der Waals surface area contributed by atoms with Gasteiger partial charge in [-0.3, -0.25) is 4.79 Å². The van der Waals surface area contributed by atoms with E-state index in [0.717, 1.165) is 28.3 Å². The summed E-state index contributed by atoms with van der Waals surface area (Å²) in [6.45, 7) is 5.02. The van der Waals surface area contributed by atoms with Gasteiger partial charge in [-0.05, 0) is 48.3 Å². The van der Waals surface area contributed by atoms with Gasteiger partial charge in [-0.15, -0.1) is 11.3 Å². The molecule has 0 spiro atoms. The van der Waals surface area contributed by atoms with Crippen molar-refractivity contribution >= 4 is 40.0 Å². The largest absolute Gasteiger partial charge is 0.500 e. The molecule has 8 nitrogen and oxygen atoms in total. The van der Waals surface area contributed by atoms with Crippen molar-refractivity contribution in [3.05, 3.63) is 53.4 Å². The van der Waals surface area contributed by atoms with E-state index < -0.39 is 5.92 Å². The van der Waals surface area contributed by atoms with Crippen LogP contribution in [0.25, 0.3) is 11.3 Å². The summed E-state index contributed by atoms with van der Waals surface area (Å²) in [5, 5.41) is 5.21. The van der Waals surface area contributed by atoms with Gasteiger partial charge in [0.15, 0.2) is 5.13 Å². The van der Waals surface area contributed by atoms with Crippen molar-refractivity contribution in [2.75, 3.05) is 26.0 Å². The zero-order valence-electron chi connectivity index (χ0n) is 20.3. The molecular formula is C26H29N4O4S+. The number of carbonyl (C=O) groups excluding carboxylic acids is 3. The summed E-state index contributed by atoms with van der Waals surface area (Å²) in [6.07, 6.45) is 6.29. The standard InChI is InChI=1S/C26H28N4O4S/c1-16(2)12-13-34-19-10-8-17(9-11-19)20-15-35-25(27-20)28-22(31)14-18-6-5-7-21-23(18)24(32)30(4)26(33)29(21)3/h5-11,15-16,23H,12-14H2,1-4H3/p+1. The maximum atomic E-state index is 12.8. The number of amides is 4. The van der Waals surface area contributed by atoms with Crippen LogP contribution < -0.4 is 10.1 Å². The molecule has 0 bridgehead atoms. The molecule has 0 saturated heterocycles. The van der Waals surface area contributed by atoms with Gasteiger partial charge in [0.05, 0.1) is 26.4 Å². The predicted molar refractivity (Wildman–Crippen MR) is 136 cm³/mol. The Hall–Kier alpha value is -3.59. The number of rotatable bonds is 8. The lowest BCUT2D eigenvalue weighted by atomic mass is 9.85. The SMILES string of the molecule is CC(C)CCOc1ccc(-c2csc(NC(=O)CC3=CC=CC4=[N+](C)C(=O)N(C)C(=O)C34)n2)cc1. The zero-order chi connectivity index (χ0) is 25.1. The molecule has 1 unspecified atom stereocenters. The molecule has 1 aromatic carbocycles. The van der Waals surface area contributed by atoms with Gasteiger partial charge in [0.2, 0.25) is 5.91 Å². The minimum absolute atomic E-state index is 0.0252. The van der Waals surface area contributed by atoms with Crippen LogP contribution in [0.3, 0.4) is 0 Å². The van der Waals surface area contributed by atoms with Crippen molar-refractivity contribution in [2.24, 2.45) is 11.8 Å². The van der Waals surface area contributed by atoms with Gasteiger partial charge < -0.3 is 10.1 Å². The highest BCUT2D eigenvalue weighted by atomic mass is 32.1. The van der Waals surface area contributed by atoms with Gasteiger partial charge in [-0.1, -0.05) is 26.0 Å². The Morgan fingerprint density at radius 3 is 2.71 bits per heavy atom. The topological polar surface area (TPSA) is 91.6 Å². The van der Waals surface area contributed by atoms with Gasteiger partial charge in [-0.2, -0.15) is 14.3 Å². The minimum Gasteiger partial charge on any atom is -0.494 e. The summed E-state index contributed by atoms with van der Waals surface area (Å²) in [5.41, 5.74) is 2.91. The Morgan fingerprint density at radius 2 is 2.00 bits per heavy atom. The van der Waals surface area contributed by atoms with Gasteiger partial charge in [0.25, 0.3) is 0 Å². The third kappa shape index (κ3) is 5.40. The number of hydrogen-bond acceptors (Lipinski definition) is 6. The fourth-order valence-electron chi connectivity index (χ4n) is 3.97. The lowest BCUT2D eigenvalue weighted by Crippen LogP contribution is -2.52.